The Kier molecular flexibility index (Phi) is 6.79. The number of halogens is 1. The van der Waals surface area contributed by atoms with Crippen LogP contribution in [0.1, 0.15) is 38.5 Å². The van der Waals surface area contributed by atoms with E-state index in [1.54, 1.807) is 0 Å². The molecule has 1 amide bonds. The molecule has 0 heterocycles. The summed E-state index contributed by atoms with van der Waals surface area (Å²) in [6.07, 6.45) is 4.92. The van der Waals surface area contributed by atoms with E-state index in [4.69, 9.17) is 10.8 Å². The molecule has 1 saturated carbocycles. The van der Waals surface area contributed by atoms with Crippen molar-refractivity contribution in [1.82, 2.24) is 5.32 Å². The largest absolute Gasteiger partial charge is 0.481 e. The van der Waals surface area contributed by atoms with Crippen molar-refractivity contribution in [3.63, 3.8) is 0 Å². The fourth-order valence-electron chi connectivity index (χ4n) is 2.82. The minimum Gasteiger partial charge on any atom is -0.481 e. The Labute approximate surface area is 122 Å². The predicted octanol–water partition coefficient (Wildman–Crippen LogP) is 1.50. The first-order chi connectivity index (χ1) is 9.01. The second-order valence-electron chi connectivity index (χ2n) is 5.49. The maximum absolute atomic E-state index is 11.1. The number of carbonyl (C=O) groups is 2. The van der Waals surface area contributed by atoms with Crippen molar-refractivity contribution >= 4 is 27.8 Å². The Morgan fingerprint density at radius 2 is 2.00 bits per heavy atom. The molecule has 4 N–H and O–H groups in total. The number of nitrogens with two attached hydrogens (primary N) is 1. The monoisotopic (exact) mass is 334 g/mol. The molecule has 0 aromatic rings. The molecule has 0 bridgehead atoms. The van der Waals surface area contributed by atoms with Crippen molar-refractivity contribution in [3.8, 4) is 0 Å². The van der Waals surface area contributed by atoms with Crippen molar-refractivity contribution in [2.75, 3.05) is 18.4 Å². The standard InChI is InChI=1S/C13H23BrN2O3/c14-8-11(17)16-6-3-10-1-4-13(9-15,5-2-10)7-12(18)19/h10H,1-9,15H2,(H,16,17)(H,18,19). The van der Waals surface area contributed by atoms with Crippen LogP contribution in [0, 0.1) is 11.3 Å². The minimum atomic E-state index is -0.756. The highest BCUT2D eigenvalue weighted by molar-refractivity contribution is 9.09. The number of hydrogen-bond donors (Lipinski definition) is 3. The third kappa shape index (κ3) is 5.48. The molecule has 0 aromatic heterocycles. The first-order valence-electron chi connectivity index (χ1n) is 6.76. The molecule has 0 atom stereocenters. The van der Waals surface area contributed by atoms with Crippen LogP contribution < -0.4 is 11.1 Å². The number of aliphatic carboxylic acids is 1. The number of carboxylic acids is 1. The van der Waals surface area contributed by atoms with Gasteiger partial charge in [-0.2, -0.15) is 0 Å². The van der Waals surface area contributed by atoms with Crippen LogP contribution in [0.3, 0.4) is 0 Å². The molecular weight excluding hydrogens is 312 g/mol. The summed E-state index contributed by atoms with van der Waals surface area (Å²) in [5.74, 6) is -0.171. The van der Waals surface area contributed by atoms with Crippen LogP contribution in [-0.4, -0.2) is 35.4 Å². The van der Waals surface area contributed by atoms with E-state index >= 15 is 0 Å². The van der Waals surface area contributed by atoms with E-state index in [1.807, 2.05) is 0 Å². The zero-order chi connectivity index (χ0) is 14.3. The molecule has 0 saturated heterocycles. The van der Waals surface area contributed by atoms with E-state index < -0.39 is 5.97 Å². The third-order valence-electron chi connectivity index (χ3n) is 4.12. The van der Waals surface area contributed by atoms with Crippen LogP contribution in [0.4, 0.5) is 0 Å². The van der Waals surface area contributed by atoms with E-state index in [0.29, 0.717) is 24.3 Å². The van der Waals surface area contributed by atoms with E-state index in [2.05, 4.69) is 21.2 Å². The van der Waals surface area contributed by atoms with Gasteiger partial charge >= 0.3 is 5.97 Å². The summed E-state index contributed by atoms with van der Waals surface area (Å²) in [4.78, 5) is 22.0. The molecule has 0 unspecified atom stereocenters. The van der Waals surface area contributed by atoms with Gasteiger partial charge in [-0.25, -0.2) is 0 Å². The first-order valence-corrected chi connectivity index (χ1v) is 7.88. The van der Waals surface area contributed by atoms with Crippen molar-refractivity contribution in [3.05, 3.63) is 0 Å². The highest BCUT2D eigenvalue weighted by Gasteiger charge is 2.35. The van der Waals surface area contributed by atoms with E-state index in [-0.39, 0.29) is 17.7 Å². The van der Waals surface area contributed by atoms with Crippen molar-refractivity contribution in [2.24, 2.45) is 17.1 Å². The van der Waals surface area contributed by atoms with Gasteiger partial charge in [-0.3, -0.25) is 9.59 Å². The Morgan fingerprint density at radius 3 is 2.47 bits per heavy atom. The zero-order valence-corrected chi connectivity index (χ0v) is 12.7. The molecule has 0 aromatic carbocycles. The van der Waals surface area contributed by atoms with E-state index in [1.165, 1.54) is 0 Å². The SMILES string of the molecule is NCC1(CC(=O)O)CCC(CCNC(=O)CBr)CC1. The second kappa shape index (κ2) is 7.85. The smallest absolute Gasteiger partial charge is 0.303 e. The average molecular weight is 335 g/mol. The number of carboxylic acid groups (broad SMARTS) is 1. The van der Waals surface area contributed by atoms with Gasteiger partial charge in [0.2, 0.25) is 5.91 Å². The van der Waals surface area contributed by atoms with Crippen molar-refractivity contribution in [1.29, 1.82) is 0 Å². The van der Waals surface area contributed by atoms with Gasteiger partial charge in [0.25, 0.3) is 0 Å². The number of amides is 1. The summed E-state index contributed by atoms with van der Waals surface area (Å²) in [7, 11) is 0. The van der Waals surface area contributed by atoms with Gasteiger partial charge in [0.1, 0.15) is 0 Å². The van der Waals surface area contributed by atoms with E-state index in [9.17, 15) is 9.59 Å². The maximum Gasteiger partial charge on any atom is 0.303 e. The minimum absolute atomic E-state index is 0.0120. The summed E-state index contributed by atoms with van der Waals surface area (Å²) in [6, 6.07) is 0. The van der Waals surface area contributed by atoms with E-state index in [0.717, 1.165) is 32.1 Å². The lowest BCUT2D eigenvalue weighted by atomic mass is 9.68. The van der Waals surface area contributed by atoms with Crippen molar-refractivity contribution < 1.29 is 14.7 Å². The average Bonchev–Trinajstić information content (AvgIpc) is 2.40. The van der Waals surface area contributed by atoms with Crippen molar-refractivity contribution in [2.45, 2.75) is 38.5 Å². The Balaban J connectivity index is 2.31. The summed E-state index contributed by atoms with van der Waals surface area (Å²) < 4.78 is 0. The molecule has 6 heteroatoms. The molecule has 1 aliphatic carbocycles. The van der Waals surface area contributed by atoms with Gasteiger partial charge in [-0.1, -0.05) is 15.9 Å². The van der Waals surface area contributed by atoms with Crippen LogP contribution in [-0.2, 0) is 9.59 Å². The highest BCUT2D eigenvalue weighted by atomic mass is 79.9. The second-order valence-corrected chi connectivity index (χ2v) is 6.05. The molecule has 1 aliphatic rings. The third-order valence-corrected chi connectivity index (χ3v) is 4.63. The van der Waals surface area contributed by atoms with Crippen LogP contribution >= 0.6 is 15.9 Å². The van der Waals surface area contributed by atoms with Gasteiger partial charge in [0.15, 0.2) is 0 Å². The lowest BCUT2D eigenvalue weighted by molar-refractivity contribution is -0.140. The summed E-state index contributed by atoms with van der Waals surface area (Å²) in [6.45, 7) is 1.15. The highest BCUT2D eigenvalue weighted by Crippen LogP contribution is 2.41. The molecule has 0 radical (unpaired) electrons. The number of nitrogens with one attached hydrogen (secondary N) is 1. The van der Waals surface area contributed by atoms with Crippen LogP contribution in [0.15, 0.2) is 0 Å². The first kappa shape index (κ1) is 16.4. The zero-order valence-electron chi connectivity index (χ0n) is 11.2. The summed E-state index contributed by atoms with van der Waals surface area (Å²) in [5.41, 5.74) is 5.56. The topological polar surface area (TPSA) is 92.4 Å². The molecule has 5 nitrogen and oxygen atoms in total. The van der Waals surface area contributed by atoms with Gasteiger partial charge in [0, 0.05) is 6.54 Å². The molecule has 110 valence electrons. The molecular formula is C13H23BrN2O3. The summed E-state index contributed by atoms with van der Waals surface area (Å²) in [5, 5.41) is 12.1. The molecule has 0 spiro atoms. The van der Waals surface area contributed by atoms with Crippen LogP contribution in [0.5, 0.6) is 0 Å². The normalized spacial score (nSPS) is 26.9. The van der Waals surface area contributed by atoms with Crippen LogP contribution in [0.25, 0.3) is 0 Å². The molecule has 1 fully saturated rings. The van der Waals surface area contributed by atoms with Gasteiger partial charge in [0.05, 0.1) is 11.8 Å². The maximum atomic E-state index is 11.1. The Hall–Kier alpha value is -0.620. The molecule has 1 rings (SSSR count). The lowest BCUT2D eigenvalue weighted by Crippen LogP contribution is -2.37. The molecule has 0 aliphatic heterocycles. The fraction of sp³-hybridized carbons (Fsp3) is 0.846. The Morgan fingerprint density at radius 1 is 1.37 bits per heavy atom. The predicted molar refractivity (Wildman–Crippen MR) is 77.1 cm³/mol. The molecule has 19 heavy (non-hydrogen) atoms. The quantitative estimate of drug-likeness (QED) is 0.615. The van der Waals surface area contributed by atoms with Crippen LogP contribution in [0.2, 0.25) is 0 Å². The lowest BCUT2D eigenvalue weighted by Gasteiger charge is -2.38. The summed E-state index contributed by atoms with van der Waals surface area (Å²) >= 11 is 3.11. The number of hydrogen-bond acceptors (Lipinski definition) is 3. The Bertz CT molecular complexity index is 315. The van der Waals surface area contributed by atoms with Gasteiger partial charge in [-0.15, -0.1) is 0 Å². The number of alkyl halides is 1. The number of rotatable bonds is 7. The number of carbonyl (C=O) groups excluding carboxylic acids is 1. The van der Waals surface area contributed by atoms with Gasteiger partial charge < -0.3 is 16.2 Å². The van der Waals surface area contributed by atoms with Gasteiger partial charge in [-0.05, 0) is 50.0 Å². The fourth-order valence-corrected chi connectivity index (χ4v) is 3.01.